The molecule has 112 valence electrons. The van der Waals surface area contributed by atoms with Gasteiger partial charge < -0.3 is 20.7 Å². The summed E-state index contributed by atoms with van der Waals surface area (Å²) in [6.07, 6.45) is 1.74. The molecule has 0 saturated heterocycles. The zero-order valence-electron chi connectivity index (χ0n) is 11.3. The van der Waals surface area contributed by atoms with Gasteiger partial charge in [0.05, 0.1) is 10.6 Å². The number of rotatable bonds is 7. The van der Waals surface area contributed by atoms with Crippen LogP contribution in [0, 0.1) is 0 Å². The number of hydrogen-bond donors (Lipinski definition) is 4. The van der Waals surface area contributed by atoms with Crippen molar-refractivity contribution in [1.29, 1.82) is 0 Å². The quantitative estimate of drug-likeness (QED) is 0.308. The maximum atomic E-state index is 11.9. The predicted octanol–water partition coefficient (Wildman–Crippen LogP) is -0.558. The molecule has 8 heteroatoms. The fraction of sp³-hybridized carbons (Fsp3) is 0.231. The Labute approximate surface area is 128 Å². The van der Waals surface area contributed by atoms with Gasteiger partial charge in [-0.3, -0.25) is 9.59 Å². The van der Waals surface area contributed by atoms with Crippen LogP contribution in [0.3, 0.4) is 0 Å². The zero-order chi connectivity index (χ0) is 15.8. The predicted molar refractivity (Wildman–Crippen MR) is 81.4 cm³/mol. The van der Waals surface area contributed by atoms with E-state index in [9.17, 15) is 9.59 Å². The van der Waals surface area contributed by atoms with Crippen LogP contribution in [-0.4, -0.2) is 42.1 Å². The van der Waals surface area contributed by atoms with Crippen LogP contribution in [0.4, 0.5) is 0 Å². The normalized spacial score (nSPS) is 9.86. The molecular formula is C13H16BClN2O4. The Morgan fingerprint density at radius 1 is 1.29 bits per heavy atom. The molecule has 6 nitrogen and oxygen atoms in total. The van der Waals surface area contributed by atoms with Gasteiger partial charge in [-0.05, 0) is 30.1 Å². The number of halogens is 1. The molecule has 0 aliphatic rings. The van der Waals surface area contributed by atoms with Gasteiger partial charge in [-0.15, -0.1) is 0 Å². The number of carbonyl (C=O) groups excluding carboxylic acids is 2. The van der Waals surface area contributed by atoms with Crippen molar-refractivity contribution in [2.45, 2.75) is 6.42 Å². The minimum absolute atomic E-state index is 0.137. The molecule has 0 radical (unpaired) electrons. The van der Waals surface area contributed by atoms with Crippen LogP contribution >= 0.6 is 11.6 Å². The summed E-state index contributed by atoms with van der Waals surface area (Å²) in [6, 6.07) is 4.16. The molecule has 0 aliphatic carbocycles. The van der Waals surface area contributed by atoms with Gasteiger partial charge in [-0.25, -0.2) is 0 Å². The number of nitrogens with one attached hydrogen (secondary N) is 2. The Morgan fingerprint density at radius 2 is 1.95 bits per heavy atom. The summed E-state index contributed by atoms with van der Waals surface area (Å²) in [4.78, 5) is 22.8. The summed E-state index contributed by atoms with van der Waals surface area (Å²) in [5.74, 6) is -0.628. The van der Waals surface area contributed by atoms with E-state index in [4.69, 9.17) is 21.6 Å². The molecular weight excluding hydrogens is 294 g/mol. The molecule has 1 aromatic rings. The monoisotopic (exact) mass is 310 g/mol. The number of amides is 2. The molecule has 0 aliphatic heterocycles. The Morgan fingerprint density at radius 3 is 2.52 bits per heavy atom. The highest BCUT2D eigenvalue weighted by atomic mass is 35.5. The summed E-state index contributed by atoms with van der Waals surface area (Å²) >= 11 is 5.92. The third-order valence-corrected chi connectivity index (χ3v) is 2.97. The summed E-state index contributed by atoms with van der Waals surface area (Å²) in [6.45, 7) is 4.12. The first kappa shape index (κ1) is 17.2. The Bertz CT molecular complexity index is 537. The lowest BCUT2D eigenvalue weighted by molar-refractivity contribution is -0.116. The number of hydrogen-bond acceptors (Lipinski definition) is 4. The SMILES string of the molecule is C=CC(=O)NCCCNC(=O)c1ccc(B(O)O)cc1Cl. The van der Waals surface area contributed by atoms with Crippen LogP contribution in [0.2, 0.25) is 5.02 Å². The first-order valence-electron chi connectivity index (χ1n) is 6.29. The zero-order valence-corrected chi connectivity index (χ0v) is 12.1. The lowest BCUT2D eigenvalue weighted by Crippen LogP contribution is -2.31. The highest BCUT2D eigenvalue weighted by Crippen LogP contribution is 2.13. The van der Waals surface area contributed by atoms with Gasteiger partial charge in [0.25, 0.3) is 5.91 Å². The van der Waals surface area contributed by atoms with E-state index in [2.05, 4.69) is 17.2 Å². The lowest BCUT2D eigenvalue weighted by atomic mass is 9.80. The van der Waals surface area contributed by atoms with Crippen LogP contribution in [0.5, 0.6) is 0 Å². The van der Waals surface area contributed by atoms with Gasteiger partial charge in [-0.1, -0.05) is 24.2 Å². The summed E-state index contributed by atoms with van der Waals surface area (Å²) in [5, 5.41) is 23.4. The summed E-state index contributed by atoms with van der Waals surface area (Å²) < 4.78 is 0. The Kier molecular flexibility index (Phi) is 6.94. The highest BCUT2D eigenvalue weighted by molar-refractivity contribution is 6.59. The van der Waals surface area contributed by atoms with Crippen molar-refractivity contribution in [3.63, 3.8) is 0 Å². The van der Waals surface area contributed by atoms with Crippen molar-refractivity contribution in [1.82, 2.24) is 10.6 Å². The van der Waals surface area contributed by atoms with E-state index in [1.165, 1.54) is 24.3 Å². The Hall–Kier alpha value is -1.83. The van der Waals surface area contributed by atoms with E-state index in [0.717, 1.165) is 0 Å². The minimum atomic E-state index is -1.63. The van der Waals surface area contributed by atoms with E-state index in [1.807, 2.05) is 0 Å². The Balaban J connectivity index is 2.45. The van der Waals surface area contributed by atoms with Gasteiger partial charge in [-0.2, -0.15) is 0 Å². The van der Waals surface area contributed by atoms with Crippen LogP contribution in [0.1, 0.15) is 16.8 Å². The van der Waals surface area contributed by atoms with Gasteiger partial charge in [0.15, 0.2) is 0 Å². The third kappa shape index (κ3) is 5.59. The number of benzene rings is 1. The lowest BCUT2D eigenvalue weighted by Gasteiger charge is -2.08. The van der Waals surface area contributed by atoms with Crippen molar-refractivity contribution < 1.29 is 19.6 Å². The van der Waals surface area contributed by atoms with E-state index in [1.54, 1.807) is 0 Å². The van der Waals surface area contributed by atoms with Crippen LogP contribution in [0.25, 0.3) is 0 Å². The molecule has 0 atom stereocenters. The third-order valence-electron chi connectivity index (χ3n) is 2.66. The molecule has 0 heterocycles. The van der Waals surface area contributed by atoms with Crippen molar-refractivity contribution in [2.24, 2.45) is 0 Å². The molecule has 4 N–H and O–H groups in total. The van der Waals surface area contributed by atoms with Crippen molar-refractivity contribution in [2.75, 3.05) is 13.1 Å². The summed E-state index contributed by atoms with van der Waals surface area (Å²) in [7, 11) is -1.63. The first-order valence-corrected chi connectivity index (χ1v) is 6.67. The molecule has 0 fully saturated rings. The molecule has 2 amide bonds. The van der Waals surface area contributed by atoms with Crippen molar-refractivity contribution in [3.05, 3.63) is 41.4 Å². The smallest absolute Gasteiger partial charge is 0.423 e. The molecule has 0 aromatic heterocycles. The van der Waals surface area contributed by atoms with E-state index < -0.39 is 7.12 Å². The van der Waals surface area contributed by atoms with Gasteiger partial charge in [0, 0.05) is 13.1 Å². The summed E-state index contributed by atoms with van der Waals surface area (Å²) in [5.41, 5.74) is 0.458. The van der Waals surface area contributed by atoms with Crippen LogP contribution < -0.4 is 16.1 Å². The topological polar surface area (TPSA) is 98.7 Å². The van der Waals surface area contributed by atoms with E-state index >= 15 is 0 Å². The molecule has 1 rings (SSSR count). The van der Waals surface area contributed by atoms with Gasteiger partial charge in [0.2, 0.25) is 5.91 Å². The largest absolute Gasteiger partial charge is 0.488 e. The maximum absolute atomic E-state index is 11.9. The van der Waals surface area contributed by atoms with Gasteiger partial charge in [0.1, 0.15) is 0 Å². The number of carbonyl (C=O) groups is 2. The second-order valence-corrected chi connectivity index (χ2v) is 4.62. The average molecular weight is 311 g/mol. The van der Waals surface area contributed by atoms with Crippen LogP contribution in [-0.2, 0) is 4.79 Å². The molecule has 0 saturated carbocycles. The molecule has 0 bridgehead atoms. The molecule has 0 unspecified atom stereocenters. The molecule has 21 heavy (non-hydrogen) atoms. The molecule has 0 spiro atoms. The average Bonchev–Trinajstić information content (AvgIpc) is 2.46. The maximum Gasteiger partial charge on any atom is 0.488 e. The van der Waals surface area contributed by atoms with E-state index in [0.29, 0.717) is 19.5 Å². The first-order chi connectivity index (χ1) is 9.95. The standard InChI is InChI=1S/C13H16BClN2O4/c1-2-12(18)16-6-3-7-17-13(19)10-5-4-9(14(20)21)8-11(10)15/h2,4-5,8,20-21H,1,3,6-7H2,(H,16,18)(H,17,19). The second kappa shape index (κ2) is 8.46. The van der Waals surface area contributed by atoms with Crippen LogP contribution in [0.15, 0.2) is 30.9 Å². The van der Waals surface area contributed by atoms with E-state index in [-0.39, 0.29) is 27.9 Å². The fourth-order valence-electron chi connectivity index (χ4n) is 1.55. The van der Waals surface area contributed by atoms with Gasteiger partial charge >= 0.3 is 7.12 Å². The second-order valence-electron chi connectivity index (χ2n) is 4.22. The van der Waals surface area contributed by atoms with Crippen molar-refractivity contribution >= 4 is 36.0 Å². The van der Waals surface area contributed by atoms with Crippen molar-refractivity contribution in [3.8, 4) is 0 Å². The molecule has 1 aromatic carbocycles. The fourth-order valence-corrected chi connectivity index (χ4v) is 1.82. The highest BCUT2D eigenvalue weighted by Gasteiger charge is 2.15. The minimum Gasteiger partial charge on any atom is -0.423 e.